The number of benzene rings is 1. The molecule has 0 unspecified atom stereocenters. The molecule has 0 amide bonds. The Balaban J connectivity index is 1.81. The van der Waals surface area contributed by atoms with E-state index in [9.17, 15) is 0 Å². The van der Waals surface area contributed by atoms with E-state index in [-0.39, 0.29) is 5.41 Å². The highest BCUT2D eigenvalue weighted by molar-refractivity contribution is 5.58. The molecule has 3 nitrogen and oxygen atoms in total. The molecule has 1 aliphatic heterocycles. The van der Waals surface area contributed by atoms with Crippen molar-refractivity contribution in [3.05, 3.63) is 90.6 Å². The number of nitrogens with one attached hydrogen (secondary N) is 1. The molecule has 0 aromatic heterocycles. The zero-order valence-corrected chi connectivity index (χ0v) is 15.8. The van der Waals surface area contributed by atoms with Gasteiger partial charge in [-0.25, -0.2) is 0 Å². The number of hydrogen-bond acceptors (Lipinski definition) is 3. The van der Waals surface area contributed by atoms with Gasteiger partial charge in [-0.1, -0.05) is 36.8 Å². The summed E-state index contributed by atoms with van der Waals surface area (Å²) in [7, 11) is 0. The Morgan fingerprint density at radius 1 is 1.33 bits per heavy atom. The molecule has 136 valence electrons. The van der Waals surface area contributed by atoms with E-state index in [4.69, 9.17) is 0 Å². The van der Waals surface area contributed by atoms with Crippen LogP contribution in [0.1, 0.15) is 24.0 Å². The van der Waals surface area contributed by atoms with Crippen molar-refractivity contribution in [1.82, 2.24) is 4.90 Å². The van der Waals surface area contributed by atoms with Gasteiger partial charge in [0.1, 0.15) is 5.70 Å². The van der Waals surface area contributed by atoms with Gasteiger partial charge in [0.05, 0.1) is 6.20 Å². The molecule has 1 N–H and O–H groups in total. The number of allylic oxidation sites excluding steroid dienone is 4. The van der Waals surface area contributed by atoms with Crippen LogP contribution < -0.4 is 5.32 Å². The molecule has 27 heavy (non-hydrogen) atoms. The van der Waals surface area contributed by atoms with Crippen LogP contribution in [0.15, 0.2) is 84.4 Å². The summed E-state index contributed by atoms with van der Waals surface area (Å²) >= 11 is 0. The van der Waals surface area contributed by atoms with E-state index in [0.717, 1.165) is 47.6 Å². The Bertz CT molecular complexity index is 915. The van der Waals surface area contributed by atoms with Crippen molar-refractivity contribution >= 4 is 12.4 Å². The molecule has 0 saturated heterocycles. The second-order valence-corrected chi connectivity index (χ2v) is 6.86. The van der Waals surface area contributed by atoms with Crippen LogP contribution in [0.25, 0.3) is 0 Å². The third-order valence-corrected chi connectivity index (χ3v) is 4.98. The zero-order chi connectivity index (χ0) is 19.3. The number of hydrogen-bond donors (Lipinski definition) is 1. The summed E-state index contributed by atoms with van der Waals surface area (Å²) in [5, 5.41) is 3.43. The fourth-order valence-electron chi connectivity index (χ4n) is 2.94. The lowest BCUT2D eigenvalue weighted by atomic mass is 10.0. The summed E-state index contributed by atoms with van der Waals surface area (Å²) < 4.78 is 0. The lowest BCUT2D eigenvalue weighted by molar-refractivity contribution is 0.531. The van der Waals surface area contributed by atoms with Crippen LogP contribution in [-0.2, 0) is 0 Å². The summed E-state index contributed by atoms with van der Waals surface area (Å²) in [5.74, 6) is 6.52. The average Bonchev–Trinajstić information content (AvgIpc) is 3.49. The first-order chi connectivity index (χ1) is 13.1. The maximum atomic E-state index is 4.20. The van der Waals surface area contributed by atoms with Gasteiger partial charge in [-0.3, -0.25) is 4.99 Å². The van der Waals surface area contributed by atoms with E-state index in [0.29, 0.717) is 0 Å². The molecule has 1 aromatic rings. The Hall–Kier alpha value is -3.25. The van der Waals surface area contributed by atoms with Gasteiger partial charge in [-0.2, -0.15) is 0 Å². The molecule has 1 saturated carbocycles. The highest BCUT2D eigenvalue weighted by atomic mass is 15.1. The first kappa shape index (κ1) is 18.5. The van der Waals surface area contributed by atoms with Crippen LogP contribution in [0.3, 0.4) is 0 Å². The van der Waals surface area contributed by atoms with Crippen molar-refractivity contribution in [2.75, 3.05) is 11.9 Å². The summed E-state index contributed by atoms with van der Waals surface area (Å²) in [6, 6.07) is 6.20. The molecule has 1 aromatic carbocycles. The van der Waals surface area contributed by atoms with Crippen molar-refractivity contribution in [2.24, 2.45) is 10.4 Å². The van der Waals surface area contributed by atoms with E-state index in [1.165, 1.54) is 0 Å². The first-order valence-electron chi connectivity index (χ1n) is 9.07. The lowest BCUT2D eigenvalue weighted by Gasteiger charge is -2.19. The van der Waals surface area contributed by atoms with Crippen molar-refractivity contribution in [3.63, 3.8) is 0 Å². The van der Waals surface area contributed by atoms with E-state index in [1.54, 1.807) is 6.20 Å². The molecule has 3 heteroatoms. The normalized spacial score (nSPS) is 16.9. The second-order valence-electron chi connectivity index (χ2n) is 6.86. The van der Waals surface area contributed by atoms with Crippen molar-refractivity contribution < 1.29 is 0 Å². The van der Waals surface area contributed by atoms with Crippen LogP contribution in [0.5, 0.6) is 0 Å². The standard InChI is InChI=1S/C24H25N3/c1-5-24(13-14-24)20(3)26-22-11-9-19(2)21(17-22)10-12-23(18-25-4)27-15-7-6-8-16-27/h5-9,11,15,17-18,26H,1,3-4,13-14,16H2,2H3/b23-18-. The minimum absolute atomic E-state index is 0.0520. The van der Waals surface area contributed by atoms with Gasteiger partial charge in [0.2, 0.25) is 0 Å². The molecule has 1 fully saturated rings. The van der Waals surface area contributed by atoms with Gasteiger partial charge < -0.3 is 10.2 Å². The third-order valence-electron chi connectivity index (χ3n) is 4.98. The summed E-state index contributed by atoms with van der Waals surface area (Å²) in [4.78, 5) is 5.94. The summed E-state index contributed by atoms with van der Waals surface area (Å²) in [6.07, 6.45) is 14.0. The fourth-order valence-corrected chi connectivity index (χ4v) is 2.94. The Morgan fingerprint density at radius 2 is 2.15 bits per heavy atom. The van der Waals surface area contributed by atoms with Crippen LogP contribution in [-0.4, -0.2) is 18.2 Å². The van der Waals surface area contributed by atoms with Crippen LogP contribution in [0.4, 0.5) is 5.69 Å². The maximum Gasteiger partial charge on any atom is 0.111 e. The second kappa shape index (κ2) is 7.97. The monoisotopic (exact) mass is 355 g/mol. The minimum atomic E-state index is 0.0520. The fraction of sp³-hybridized carbons (Fsp3) is 0.208. The van der Waals surface area contributed by atoms with Crippen molar-refractivity contribution in [2.45, 2.75) is 19.8 Å². The number of aryl methyl sites for hydroxylation is 1. The molecule has 0 radical (unpaired) electrons. The van der Waals surface area contributed by atoms with Gasteiger partial charge in [-0.05, 0) is 56.2 Å². The van der Waals surface area contributed by atoms with Gasteiger partial charge in [0.25, 0.3) is 0 Å². The summed E-state index contributed by atoms with van der Waals surface area (Å²) in [6.45, 7) is 14.5. The molecule has 0 atom stereocenters. The SMILES string of the molecule is C=CC1(C(=C)Nc2ccc(C)c(C#C/C(=C/N=C)N3C=CC=CC3)c2)CC1. The minimum Gasteiger partial charge on any atom is -0.359 e. The zero-order valence-electron chi connectivity index (χ0n) is 15.8. The predicted octanol–water partition coefficient (Wildman–Crippen LogP) is 5.17. The first-order valence-corrected chi connectivity index (χ1v) is 9.07. The number of nitrogens with zero attached hydrogens (tertiary/aromatic N) is 2. The Kier molecular flexibility index (Phi) is 5.47. The smallest absolute Gasteiger partial charge is 0.111 e. The van der Waals surface area contributed by atoms with Crippen LogP contribution >= 0.6 is 0 Å². The molecule has 1 heterocycles. The highest BCUT2D eigenvalue weighted by Crippen LogP contribution is 2.52. The molecular formula is C24H25N3. The van der Waals surface area contributed by atoms with Crippen molar-refractivity contribution in [1.29, 1.82) is 0 Å². The average molecular weight is 355 g/mol. The van der Waals surface area contributed by atoms with Crippen LogP contribution in [0, 0.1) is 24.2 Å². The summed E-state index contributed by atoms with van der Waals surface area (Å²) in [5.41, 5.74) is 4.97. The van der Waals surface area contributed by atoms with Gasteiger partial charge in [0, 0.05) is 35.1 Å². The molecule has 2 aliphatic rings. The third kappa shape index (κ3) is 4.30. The molecule has 3 rings (SSSR count). The van der Waals surface area contributed by atoms with Crippen molar-refractivity contribution in [3.8, 4) is 11.8 Å². The number of anilines is 1. The maximum absolute atomic E-state index is 4.20. The molecule has 1 aliphatic carbocycles. The molecule has 0 bridgehead atoms. The van der Waals surface area contributed by atoms with E-state index in [1.807, 2.05) is 29.3 Å². The molecular weight excluding hydrogens is 330 g/mol. The topological polar surface area (TPSA) is 27.6 Å². The van der Waals surface area contributed by atoms with E-state index < -0.39 is 0 Å². The van der Waals surface area contributed by atoms with Gasteiger partial charge in [-0.15, -0.1) is 6.58 Å². The van der Waals surface area contributed by atoms with Crippen LogP contribution in [0.2, 0.25) is 0 Å². The van der Waals surface area contributed by atoms with E-state index >= 15 is 0 Å². The largest absolute Gasteiger partial charge is 0.359 e. The Labute approximate surface area is 162 Å². The Morgan fingerprint density at radius 3 is 2.78 bits per heavy atom. The predicted molar refractivity (Wildman–Crippen MR) is 115 cm³/mol. The lowest BCUT2D eigenvalue weighted by Crippen LogP contribution is -2.17. The molecule has 0 spiro atoms. The van der Waals surface area contributed by atoms with Gasteiger partial charge >= 0.3 is 0 Å². The van der Waals surface area contributed by atoms with Gasteiger partial charge in [0.15, 0.2) is 0 Å². The number of aliphatic imine (C=N–C) groups is 1. The highest BCUT2D eigenvalue weighted by Gasteiger charge is 2.42. The quantitative estimate of drug-likeness (QED) is 0.433. The van der Waals surface area contributed by atoms with E-state index in [2.05, 4.69) is 73.2 Å². The number of rotatable bonds is 6.